The first-order chi connectivity index (χ1) is 14.0. The van der Waals surface area contributed by atoms with Crippen LogP contribution in [0.3, 0.4) is 0 Å². The van der Waals surface area contributed by atoms with Gasteiger partial charge in [0.05, 0.1) is 18.1 Å². The van der Waals surface area contributed by atoms with E-state index in [2.05, 4.69) is 13.2 Å². The highest BCUT2D eigenvalue weighted by Crippen LogP contribution is 2.71. The lowest BCUT2D eigenvalue weighted by Gasteiger charge is -2.57. The van der Waals surface area contributed by atoms with Crippen LogP contribution >= 0.6 is 0 Å². The van der Waals surface area contributed by atoms with Crippen molar-refractivity contribution in [1.82, 2.24) is 0 Å². The molecule has 0 aromatic rings. The monoisotopic (exact) mass is 416 g/mol. The fraction of sp³-hybridized carbons (Fsp3) is 0.609. The number of hydrogen-bond acceptors (Lipinski definition) is 7. The molecule has 0 aromatic carbocycles. The van der Waals surface area contributed by atoms with Gasteiger partial charge in [-0.1, -0.05) is 31.7 Å². The number of carbonyl (C=O) groups excluding carboxylic acids is 3. The molecule has 0 N–H and O–H groups in total. The summed E-state index contributed by atoms with van der Waals surface area (Å²) in [6.45, 7) is 14.7. The molecule has 6 atom stereocenters. The minimum Gasteiger partial charge on any atom is -0.462 e. The van der Waals surface area contributed by atoms with Crippen LogP contribution in [-0.2, 0) is 33.3 Å². The average Bonchev–Trinajstić information content (AvgIpc) is 3.47. The Bertz CT molecular complexity index is 895. The Labute approximate surface area is 176 Å². The number of carbonyl (C=O) groups is 3. The molecule has 2 heterocycles. The van der Waals surface area contributed by atoms with Gasteiger partial charge in [0.15, 0.2) is 12.2 Å². The summed E-state index contributed by atoms with van der Waals surface area (Å²) >= 11 is 0. The summed E-state index contributed by atoms with van der Waals surface area (Å²) in [7, 11) is 0. The molecule has 7 nitrogen and oxygen atoms in total. The molecule has 162 valence electrons. The van der Waals surface area contributed by atoms with Gasteiger partial charge in [-0.05, 0) is 33.6 Å². The maximum atomic E-state index is 13.4. The van der Waals surface area contributed by atoms with E-state index in [1.165, 1.54) is 6.92 Å². The number of allylic oxidation sites excluding steroid dienone is 1. The van der Waals surface area contributed by atoms with Gasteiger partial charge in [-0.15, -0.1) is 0 Å². The fourth-order valence-corrected chi connectivity index (χ4v) is 5.47. The molecule has 2 bridgehead atoms. The molecular formula is C23H28O7. The number of Topliss-reactive ketones (excluding diaryl/α,β-unsaturated/α-hetero) is 1. The van der Waals surface area contributed by atoms with Crippen molar-refractivity contribution < 1.29 is 33.3 Å². The molecule has 1 saturated carbocycles. The first kappa shape index (κ1) is 21.0. The molecule has 0 amide bonds. The van der Waals surface area contributed by atoms with Crippen molar-refractivity contribution in [2.75, 3.05) is 13.2 Å². The third kappa shape index (κ3) is 2.54. The molecule has 4 rings (SSSR count). The van der Waals surface area contributed by atoms with Crippen molar-refractivity contribution in [1.29, 1.82) is 0 Å². The van der Waals surface area contributed by atoms with Crippen LogP contribution in [0.25, 0.3) is 0 Å². The number of epoxide rings is 1. The Morgan fingerprint density at radius 2 is 1.87 bits per heavy atom. The highest BCUT2D eigenvalue weighted by atomic mass is 16.6. The van der Waals surface area contributed by atoms with Gasteiger partial charge in [0.2, 0.25) is 5.78 Å². The number of rotatable bonds is 5. The molecule has 2 aliphatic heterocycles. The Morgan fingerprint density at radius 1 is 1.23 bits per heavy atom. The van der Waals surface area contributed by atoms with Crippen molar-refractivity contribution in [3.8, 4) is 0 Å². The Hall–Kier alpha value is -2.25. The fourth-order valence-electron chi connectivity index (χ4n) is 5.47. The van der Waals surface area contributed by atoms with E-state index in [0.29, 0.717) is 13.0 Å². The van der Waals surface area contributed by atoms with Crippen molar-refractivity contribution >= 4 is 17.7 Å². The first-order valence-electron chi connectivity index (χ1n) is 10.2. The largest absolute Gasteiger partial charge is 0.462 e. The van der Waals surface area contributed by atoms with E-state index in [1.807, 2.05) is 19.9 Å². The third-order valence-electron chi connectivity index (χ3n) is 7.44. The van der Waals surface area contributed by atoms with Gasteiger partial charge in [-0.2, -0.15) is 0 Å². The highest BCUT2D eigenvalue weighted by Gasteiger charge is 2.86. The van der Waals surface area contributed by atoms with Crippen LogP contribution in [-0.4, -0.2) is 54.8 Å². The molecule has 30 heavy (non-hydrogen) atoms. The second-order valence-corrected chi connectivity index (χ2v) is 9.31. The molecule has 4 aliphatic rings. The van der Waals surface area contributed by atoms with Gasteiger partial charge in [0.1, 0.15) is 12.2 Å². The predicted molar refractivity (Wildman–Crippen MR) is 106 cm³/mol. The second kappa shape index (κ2) is 6.62. The van der Waals surface area contributed by atoms with Gasteiger partial charge in [-0.3, -0.25) is 4.79 Å². The van der Waals surface area contributed by atoms with Crippen LogP contribution in [0.5, 0.6) is 0 Å². The molecular weight excluding hydrogens is 388 g/mol. The molecule has 0 unspecified atom stereocenters. The second-order valence-electron chi connectivity index (χ2n) is 9.31. The van der Waals surface area contributed by atoms with E-state index in [9.17, 15) is 14.4 Å². The topological polar surface area (TPSA) is 91.4 Å². The smallest absolute Gasteiger partial charge is 0.333 e. The van der Waals surface area contributed by atoms with Crippen molar-refractivity contribution in [2.45, 2.75) is 64.4 Å². The number of ketones is 1. The van der Waals surface area contributed by atoms with Crippen molar-refractivity contribution in [3.05, 3.63) is 36.0 Å². The average molecular weight is 416 g/mol. The molecule has 0 radical (unpaired) electrons. The van der Waals surface area contributed by atoms with E-state index in [4.69, 9.17) is 18.9 Å². The van der Waals surface area contributed by atoms with E-state index in [0.717, 1.165) is 12.0 Å². The zero-order chi connectivity index (χ0) is 22.1. The van der Waals surface area contributed by atoms with Crippen LogP contribution in [0.4, 0.5) is 0 Å². The van der Waals surface area contributed by atoms with Gasteiger partial charge in [0.25, 0.3) is 0 Å². The predicted octanol–water partition coefficient (Wildman–Crippen LogP) is 2.45. The minimum absolute atomic E-state index is 0.00979. The molecule has 1 spiro atoms. The summed E-state index contributed by atoms with van der Waals surface area (Å²) in [6.07, 6.45) is 0.973. The molecule has 2 aliphatic carbocycles. The molecule has 7 heteroatoms. The number of fused-ring (bicyclic) bond motifs is 2. The van der Waals surface area contributed by atoms with Crippen molar-refractivity contribution in [3.63, 3.8) is 0 Å². The summed E-state index contributed by atoms with van der Waals surface area (Å²) in [5.41, 5.74) is -0.983. The van der Waals surface area contributed by atoms with Gasteiger partial charge >= 0.3 is 11.9 Å². The Morgan fingerprint density at radius 3 is 2.43 bits per heavy atom. The minimum atomic E-state index is -1.07. The van der Waals surface area contributed by atoms with Crippen LogP contribution in [0.15, 0.2) is 36.0 Å². The van der Waals surface area contributed by atoms with E-state index >= 15 is 0 Å². The van der Waals surface area contributed by atoms with E-state index in [-0.39, 0.29) is 23.5 Å². The standard InChI is InChI=1S/C23H28O7/c1-12(2)19(25)27-10-22-8-7-14(5)9-15(22)29-18-16(24)17(30-20(26)13(3)4)21(22,6)23(18)11-28-23/h9,15,17-18H,1,3,7-8,10-11H2,2,4-6H3/t15-,17-,18+,21+,22+,23+/m1/s1. The van der Waals surface area contributed by atoms with Crippen molar-refractivity contribution in [2.24, 2.45) is 10.8 Å². The number of ether oxygens (including phenoxy) is 4. The van der Waals surface area contributed by atoms with Crippen LogP contribution in [0.1, 0.15) is 40.5 Å². The molecule has 0 aromatic heterocycles. The summed E-state index contributed by atoms with van der Waals surface area (Å²) in [4.78, 5) is 38.0. The van der Waals surface area contributed by atoms with E-state index < -0.39 is 46.7 Å². The van der Waals surface area contributed by atoms with Gasteiger partial charge in [0, 0.05) is 16.6 Å². The Balaban J connectivity index is 1.82. The molecule has 3 fully saturated rings. The zero-order valence-electron chi connectivity index (χ0n) is 17.9. The zero-order valence-corrected chi connectivity index (χ0v) is 17.9. The summed E-state index contributed by atoms with van der Waals surface area (Å²) < 4.78 is 23.5. The lowest BCUT2D eigenvalue weighted by Crippen LogP contribution is -2.66. The maximum Gasteiger partial charge on any atom is 0.333 e. The Kier molecular flexibility index (Phi) is 4.64. The lowest BCUT2D eigenvalue weighted by atomic mass is 9.51. The number of hydrogen-bond donors (Lipinski definition) is 0. The third-order valence-corrected chi connectivity index (χ3v) is 7.44. The maximum absolute atomic E-state index is 13.4. The van der Waals surface area contributed by atoms with Crippen LogP contribution in [0.2, 0.25) is 0 Å². The highest BCUT2D eigenvalue weighted by molar-refractivity contribution is 5.98. The van der Waals surface area contributed by atoms with Crippen LogP contribution in [0, 0.1) is 10.8 Å². The molecule has 2 saturated heterocycles. The van der Waals surface area contributed by atoms with E-state index in [1.54, 1.807) is 6.92 Å². The summed E-state index contributed by atoms with van der Waals surface area (Å²) in [5.74, 6) is -1.45. The lowest BCUT2D eigenvalue weighted by molar-refractivity contribution is -0.232. The summed E-state index contributed by atoms with van der Waals surface area (Å²) in [5, 5.41) is 0. The van der Waals surface area contributed by atoms with Crippen LogP contribution < -0.4 is 0 Å². The normalized spacial score (nSPS) is 41.0. The SMILES string of the molecule is C=C(C)C(=O)OC[C@@]12CCC(C)=C[C@H]1O[C@H]1C(=O)[C@@H](OC(=O)C(=C)C)[C@]2(C)[C@]12CO2. The number of esters is 2. The summed E-state index contributed by atoms with van der Waals surface area (Å²) in [6, 6.07) is 0. The van der Waals surface area contributed by atoms with Gasteiger partial charge < -0.3 is 18.9 Å². The quantitative estimate of drug-likeness (QED) is 0.294. The first-order valence-corrected chi connectivity index (χ1v) is 10.2. The van der Waals surface area contributed by atoms with Gasteiger partial charge in [-0.25, -0.2) is 9.59 Å².